The zero-order valence-corrected chi connectivity index (χ0v) is 10.9. The molecule has 5 heteroatoms. The molecule has 1 saturated heterocycles. The number of rotatable bonds is 0. The monoisotopic (exact) mass is 294 g/mol. The van der Waals surface area contributed by atoms with Crippen LogP contribution in [0.2, 0.25) is 0 Å². The molecule has 3 rings (SSSR count). The largest absolute Gasteiger partial charge is 0.325 e. The Morgan fingerprint density at radius 1 is 1.41 bits per heavy atom. The average molecular weight is 295 g/mol. The number of aryl methyl sites for hydroxylation is 1. The highest BCUT2D eigenvalue weighted by Crippen LogP contribution is 2.41. The fourth-order valence-corrected chi connectivity index (χ4v) is 3.10. The van der Waals surface area contributed by atoms with Crippen LogP contribution in [0.4, 0.5) is 4.79 Å². The summed E-state index contributed by atoms with van der Waals surface area (Å²) >= 11 is 3.42. The van der Waals surface area contributed by atoms with E-state index in [0.29, 0.717) is 6.42 Å². The molecule has 0 bridgehead atoms. The number of imide groups is 1. The van der Waals surface area contributed by atoms with Gasteiger partial charge in [0.15, 0.2) is 0 Å². The minimum absolute atomic E-state index is 0.149. The number of benzene rings is 1. The normalized spacial score (nSPS) is 26.6. The molecule has 0 unspecified atom stereocenters. The van der Waals surface area contributed by atoms with E-state index in [1.807, 2.05) is 18.2 Å². The summed E-state index contributed by atoms with van der Waals surface area (Å²) < 4.78 is 0.999. The zero-order valence-electron chi connectivity index (χ0n) is 9.29. The molecule has 1 aromatic rings. The topological polar surface area (TPSA) is 49.4 Å². The van der Waals surface area contributed by atoms with Gasteiger partial charge in [0.05, 0.1) is 0 Å². The Hall–Kier alpha value is -1.36. The average Bonchev–Trinajstić information content (AvgIpc) is 2.75. The fraction of sp³-hybridized carbons (Fsp3) is 0.333. The van der Waals surface area contributed by atoms with Crippen molar-refractivity contribution in [2.45, 2.75) is 18.4 Å². The maximum absolute atomic E-state index is 12.2. The third kappa shape index (κ3) is 1.29. The maximum Gasteiger partial charge on any atom is 0.325 e. The Labute approximate surface area is 107 Å². The third-order valence-electron chi connectivity index (χ3n) is 3.59. The highest BCUT2D eigenvalue weighted by atomic mass is 79.9. The molecule has 88 valence electrons. The number of carbonyl (C=O) groups excluding carboxylic acids is 2. The van der Waals surface area contributed by atoms with E-state index < -0.39 is 5.54 Å². The van der Waals surface area contributed by atoms with Crippen LogP contribution in [0.1, 0.15) is 17.5 Å². The van der Waals surface area contributed by atoms with Crippen LogP contribution in [0.3, 0.4) is 0 Å². The van der Waals surface area contributed by atoms with Crippen LogP contribution in [0.25, 0.3) is 0 Å². The van der Waals surface area contributed by atoms with Gasteiger partial charge in [-0.1, -0.05) is 22.0 Å². The van der Waals surface area contributed by atoms with E-state index >= 15 is 0 Å². The van der Waals surface area contributed by atoms with Gasteiger partial charge in [-0.3, -0.25) is 9.69 Å². The van der Waals surface area contributed by atoms with Gasteiger partial charge in [0, 0.05) is 11.5 Å². The number of hydrogen-bond donors (Lipinski definition) is 1. The van der Waals surface area contributed by atoms with Gasteiger partial charge in [-0.05, 0) is 36.1 Å². The maximum atomic E-state index is 12.2. The molecule has 1 aliphatic carbocycles. The van der Waals surface area contributed by atoms with Crippen molar-refractivity contribution < 1.29 is 9.59 Å². The Kier molecular flexibility index (Phi) is 2.10. The Bertz CT molecular complexity index is 543. The number of carbonyl (C=O) groups is 2. The first-order chi connectivity index (χ1) is 8.04. The standard InChI is InChI=1S/C12H11BrN2O2/c1-15-10(16)12(14-11(15)17)5-4-7-6-8(13)2-3-9(7)12/h2-3,6H,4-5H2,1H3,(H,14,17)/t12-/m0/s1. The van der Waals surface area contributed by atoms with E-state index in [4.69, 9.17) is 0 Å². The Balaban J connectivity index is 2.15. The molecule has 1 spiro atoms. The molecule has 0 radical (unpaired) electrons. The van der Waals surface area contributed by atoms with Gasteiger partial charge in [0.25, 0.3) is 5.91 Å². The number of amides is 3. The lowest BCUT2D eigenvalue weighted by molar-refractivity contribution is -0.130. The molecule has 1 N–H and O–H groups in total. The minimum atomic E-state index is -0.818. The second-order valence-electron chi connectivity index (χ2n) is 4.50. The Morgan fingerprint density at radius 3 is 2.82 bits per heavy atom. The van der Waals surface area contributed by atoms with Gasteiger partial charge in [0.2, 0.25) is 0 Å². The van der Waals surface area contributed by atoms with E-state index in [1.165, 1.54) is 7.05 Å². The Morgan fingerprint density at radius 2 is 2.18 bits per heavy atom. The van der Waals surface area contributed by atoms with Crippen molar-refractivity contribution in [3.8, 4) is 0 Å². The van der Waals surface area contributed by atoms with Crippen LogP contribution >= 0.6 is 15.9 Å². The molecule has 3 amide bonds. The van der Waals surface area contributed by atoms with E-state index in [1.54, 1.807) is 0 Å². The van der Waals surface area contributed by atoms with Crippen molar-refractivity contribution in [1.82, 2.24) is 10.2 Å². The molecular formula is C12H11BrN2O2. The van der Waals surface area contributed by atoms with Crippen molar-refractivity contribution >= 4 is 27.9 Å². The quantitative estimate of drug-likeness (QED) is 0.742. The van der Waals surface area contributed by atoms with Gasteiger partial charge in [0.1, 0.15) is 5.54 Å². The van der Waals surface area contributed by atoms with Crippen LogP contribution < -0.4 is 5.32 Å². The van der Waals surface area contributed by atoms with Crippen molar-refractivity contribution in [3.63, 3.8) is 0 Å². The number of nitrogens with zero attached hydrogens (tertiary/aromatic N) is 1. The van der Waals surface area contributed by atoms with E-state index in [2.05, 4.69) is 21.2 Å². The molecule has 1 fully saturated rings. The molecule has 0 saturated carbocycles. The predicted molar refractivity (Wildman–Crippen MR) is 65.4 cm³/mol. The second-order valence-corrected chi connectivity index (χ2v) is 5.42. The van der Waals surface area contributed by atoms with Crippen LogP contribution in [0.5, 0.6) is 0 Å². The van der Waals surface area contributed by atoms with Crippen LogP contribution in [0.15, 0.2) is 22.7 Å². The van der Waals surface area contributed by atoms with Crippen LogP contribution in [-0.4, -0.2) is 23.9 Å². The van der Waals surface area contributed by atoms with Crippen molar-refractivity contribution in [1.29, 1.82) is 0 Å². The molecule has 1 aliphatic heterocycles. The first-order valence-corrected chi connectivity index (χ1v) is 6.23. The molecule has 1 aromatic carbocycles. The summed E-state index contributed by atoms with van der Waals surface area (Å²) in [6.45, 7) is 0. The van der Waals surface area contributed by atoms with Gasteiger partial charge in [-0.15, -0.1) is 0 Å². The second kappa shape index (κ2) is 3.32. The summed E-state index contributed by atoms with van der Waals surface area (Å²) in [7, 11) is 1.52. The third-order valence-corrected chi connectivity index (χ3v) is 4.08. The summed E-state index contributed by atoms with van der Waals surface area (Å²) in [5.41, 5.74) is 1.24. The van der Waals surface area contributed by atoms with Gasteiger partial charge >= 0.3 is 6.03 Å². The summed E-state index contributed by atoms with van der Waals surface area (Å²) in [5.74, 6) is -0.149. The predicted octanol–water partition coefficient (Wildman–Crippen LogP) is 1.77. The number of nitrogens with one attached hydrogen (secondary N) is 1. The molecular weight excluding hydrogens is 284 g/mol. The summed E-state index contributed by atoms with van der Waals surface area (Å²) in [6, 6.07) is 5.53. The lowest BCUT2D eigenvalue weighted by Crippen LogP contribution is -2.41. The van der Waals surface area contributed by atoms with Gasteiger partial charge < -0.3 is 5.32 Å². The number of urea groups is 1. The highest BCUT2D eigenvalue weighted by molar-refractivity contribution is 9.10. The number of fused-ring (bicyclic) bond motifs is 2. The van der Waals surface area contributed by atoms with Crippen LogP contribution in [0, 0.1) is 0 Å². The van der Waals surface area contributed by atoms with Crippen molar-refractivity contribution in [3.05, 3.63) is 33.8 Å². The molecule has 4 nitrogen and oxygen atoms in total. The van der Waals surface area contributed by atoms with Crippen LogP contribution in [-0.2, 0) is 16.8 Å². The van der Waals surface area contributed by atoms with Crippen molar-refractivity contribution in [2.24, 2.45) is 0 Å². The molecule has 2 aliphatic rings. The molecule has 1 atom stereocenters. The number of halogens is 1. The summed E-state index contributed by atoms with van der Waals surface area (Å²) in [5, 5.41) is 2.83. The van der Waals surface area contributed by atoms with Gasteiger partial charge in [-0.25, -0.2) is 4.79 Å². The summed E-state index contributed by atoms with van der Waals surface area (Å²) in [4.78, 5) is 25.0. The number of hydrogen-bond acceptors (Lipinski definition) is 2. The first kappa shape index (κ1) is 10.8. The smallest absolute Gasteiger partial charge is 0.319 e. The minimum Gasteiger partial charge on any atom is -0.319 e. The first-order valence-electron chi connectivity index (χ1n) is 5.44. The molecule has 17 heavy (non-hydrogen) atoms. The van der Waals surface area contributed by atoms with E-state index in [0.717, 1.165) is 26.9 Å². The molecule has 1 heterocycles. The van der Waals surface area contributed by atoms with Crippen molar-refractivity contribution in [2.75, 3.05) is 7.05 Å². The number of likely N-dealkylation sites (N-methyl/N-ethyl adjacent to an activating group) is 1. The zero-order chi connectivity index (χ0) is 12.2. The fourth-order valence-electron chi connectivity index (χ4n) is 2.69. The SMILES string of the molecule is CN1C(=O)N[C@]2(CCc3cc(Br)ccc32)C1=O. The molecule has 0 aromatic heterocycles. The lowest BCUT2D eigenvalue weighted by Gasteiger charge is -2.21. The van der Waals surface area contributed by atoms with E-state index in [-0.39, 0.29) is 11.9 Å². The summed E-state index contributed by atoms with van der Waals surface area (Å²) in [6.07, 6.45) is 1.46. The van der Waals surface area contributed by atoms with Gasteiger partial charge in [-0.2, -0.15) is 0 Å². The lowest BCUT2D eigenvalue weighted by atomic mass is 9.92. The highest BCUT2D eigenvalue weighted by Gasteiger charge is 2.54. The van der Waals surface area contributed by atoms with E-state index in [9.17, 15) is 9.59 Å².